The highest BCUT2D eigenvalue weighted by Crippen LogP contribution is 2.37. The van der Waals surface area contributed by atoms with E-state index in [9.17, 15) is 18.0 Å². The number of carbonyl (C=O) groups is 1. The minimum absolute atomic E-state index is 0.00761. The molecule has 0 saturated carbocycles. The van der Waals surface area contributed by atoms with Crippen LogP contribution in [0.1, 0.15) is 26.7 Å². The average Bonchev–Trinajstić information content (AvgIpc) is 2.75. The zero-order valence-corrected chi connectivity index (χ0v) is 11.4. The lowest BCUT2D eigenvalue weighted by atomic mass is 9.83. The first kappa shape index (κ1) is 14.6. The van der Waals surface area contributed by atoms with E-state index < -0.39 is 18.0 Å². The lowest BCUT2D eigenvalue weighted by Crippen LogP contribution is -2.48. The Hall–Kier alpha value is -0.780. The smallest absolute Gasteiger partial charge is 0.342 e. The molecule has 2 aliphatic heterocycles. The number of likely N-dealkylation sites (tertiary alicyclic amines) is 1. The standard InChI is InChI=1S/C13H21F3N2O/c1-12(2)4-3-5-18(8-12)11(19)9-6-17-7-10(9)13(14,15)16/h9-10,17H,3-8H2,1-2H3/t9-,10-/m1/s1. The fourth-order valence-corrected chi connectivity index (χ4v) is 3.13. The van der Waals surface area contributed by atoms with Gasteiger partial charge in [-0.15, -0.1) is 0 Å². The van der Waals surface area contributed by atoms with E-state index >= 15 is 0 Å². The van der Waals surface area contributed by atoms with Crippen LogP contribution >= 0.6 is 0 Å². The summed E-state index contributed by atoms with van der Waals surface area (Å²) in [6, 6.07) is 0. The maximum Gasteiger partial charge on any atom is 0.393 e. The van der Waals surface area contributed by atoms with E-state index in [1.807, 2.05) is 0 Å². The van der Waals surface area contributed by atoms with Gasteiger partial charge in [0.25, 0.3) is 0 Å². The molecule has 2 rings (SSSR count). The van der Waals surface area contributed by atoms with E-state index in [0.29, 0.717) is 13.1 Å². The van der Waals surface area contributed by atoms with Gasteiger partial charge in [0.05, 0.1) is 11.8 Å². The number of carbonyl (C=O) groups excluding carboxylic acids is 1. The third kappa shape index (κ3) is 3.22. The molecule has 1 N–H and O–H groups in total. The average molecular weight is 278 g/mol. The fraction of sp³-hybridized carbons (Fsp3) is 0.923. The van der Waals surface area contributed by atoms with E-state index in [1.54, 1.807) is 4.90 Å². The van der Waals surface area contributed by atoms with Crippen molar-refractivity contribution < 1.29 is 18.0 Å². The third-order valence-corrected chi connectivity index (χ3v) is 4.16. The molecule has 0 aromatic carbocycles. The van der Waals surface area contributed by atoms with Crippen LogP contribution in [0.5, 0.6) is 0 Å². The number of nitrogens with zero attached hydrogens (tertiary/aromatic N) is 1. The van der Waals surface area contributed by atoms with E-state index in [1.165, 1.54) is 0 Å². The van der Waals surface area contributed by atoms with Crippen molar-refractivity contribution >= 4 is 5.91 Å². The second-order valence-electron chi connectivity index (χ2n) is 6.44. The lowest BCUT2D eigenvalue weighted by Gasteiger charge is -2.39. The number of nitrogens with one attached hydrogen (secondary N) is 1. The van der Waals surface area contributed by atoms with Crippen LogP contribution in [0.15, 0.2) is 0 Å². The summed E-state index contributed by atoms with van der Waals surface area (Å²) in [5.41, 5.74) is 0.00761. The van der Waals surface area contributed by atoms with Crippen molar-refractivity contribution in [3.63, 3.8) is 0 Å². The molecule has 110 valence electrons. The molecule has 0 aromatic heterocycles. The van der Waals surface area contributed by atoms with Gasteiger partial charge in [0.1, 0.15) is 0 Å². The Morgan fingerprint density at radius 3 is 2.58 bits per heavy atom. The molecule has 3 nitrogen and oxygen atoms in total. The van der Waals surface area contributed by atoms with Crippen LogP contribution in [0.25, 0.3) is 0 Å². The van der Waals surface area contributed by atoms with Gasteiger partial charge in [-0.2, -0.15) is 13.2 Å². The molecule has 2 aliphatic rings. The van der Waals surface area contributed by atoms with Crippen LogP contribution in [-0.4, -0.2) is 43.2 Å². The number of halogens is 3. The maximum atomic E-state index is 12.9. The summed E-state index contributed by atoms with van der Waals surface area (Å²) in [5.74, 6) is -2.82. The molecule has 0 spiro atoms. The predicted molar refractivity (Wildman–Crippen MR) is 65.5 cm³/mol. The van der Waals surface area contributed by atoms with Gasteiger partial charge in [0.15, 0.2) is 0 Å². The molecule has 0 aliphatic carbocycles. The Balaban J connectivity index is 2.07. The van der Waals surface area contributed by atoms with Gasteiger partial charge >= 0.3 is 6.18 Å². The summed E-state index contributed by atoms with van der Waals surface area (Å²) in [4.78, 5) is 14.0. The molecule has 2 fully saturated rings. The minimum Gasteiger partial charge on any atom is -0.342 e. The van der Waals surface area contributed by atoms with E-state index in [0.717, 1.165) is 12.8 Å². The molecule has 0 bridgehead atoms. The molecule has 6 heteroatoms. The molecule has 2 atom stereocenters. The van der Waals surface area contributed by atoms with Crippen LogP contribution < -0.4 is 5.32 Å². The van der Waals surface area contributed by atoms with Gasteiger partial charge in [0.2, 0.25) is 5.91 Å². The van der Waals surface area contributed by atoms with Gasteiger partial charge < -0.3 is 10.2 Å². The summed E-state index contributed by atoms with van der Waals surface area (Å²) in [6.07, 6.45) is -2.41. The lowest BCUT2D eigenvalue weighted by molar-refractivity contribution is -0.185. The molecule has 0 unspecified atom stereocenters. The molecular formula is C13H21F3N2O. The monoisotopic (exact) mass is 278 g/mol. The second kappa shape index (κ2) is 4.96. The summed E-state index contributed by atoms with van der Waals surface area (Å²) in [5, 5.41) is 2.70. The van der Waals surface area contributed by atoms with Crippen molar-refractivity contribution in [2.75, 3.05) is 26.2 Å². The predicted octanol–water partition coefficient (Wildman–Crippen LogP) is 2.03. The minimum atomic E-state index is -4.30. The van der Waals surface area contributed by atoms with Crippen LogP contribution in [0.4, 0.5) is 13.2 Å². The van der Waals surface area contributed by atoms with Crippen molar-refractivity contribution in [1.29, 1.82) is 0 Å². The number of hydrogen-bond acceptors (Lipinski definition) is 2. The van der Waals surface area contributed by atoms with Gasteiger partial charge in [-0.1, -0.05) is 13.8 Å². The SMILES string of the molecule is CC1(C)CCCN(C(=O)[C@@H]2CNC[C@H]2C(F)(F)F)C1. The Morgan fingerprint density at radius 2 is 2.00 bits per heavy atom. The summed E-state index contributed by atoms with van der Waals surface area (Å²) >= 11 is 0. The van der Waals surface area contributed by atoms with Crippen LogP contribution in [-0.2, 0) is 4.79 Å². The highest BCUT2D eigenvalue weighted by Gasteiger charge is 2.51. The summed E-state index contributed by atoms with van der Waals surface area (Å²) < 4.78 is 38.6. The molecule has 19 heavy (non-hydrogen) atoms. The zero-order valence-electron chi connectivity index (χ0n) is 11.4. The molecule has 2 saturated heterocycles. The number of hydrogen-bond donors (Lipinski definition) is 1. The fourth-order valence-electron chi connectivity index (χ4n) is 3.13. The number of alkyl halides is 3. The van der Waals surface area contributed by atoms with Crippen molar-refractivity contribution in [2.45, 2.75) is 32.9 Å². The van der Waals surface area contributed by atoms with E-state index in [2.05, 4.69) is 19.2 Å². The van der Waals surface area contributed by atoms with Gasteiger partial charge in [-0.25, -0.2) is 0 Å². The highest BCUT2D eigenvalue weighted by atomic mass is 19.4. The normalized spacial score (nSPS) is 31.5. The quantitative estimate of drug-likeness (QED) is 0.796. The summed E-state index contributed by atoms with van der Waals surface area (Å²) in [6.45, 7) is 5.26. The first-order valence-corrected chi connectivity index (χ1v) is 6.77. The van der Waals surface area contributed by atoms with Gasteiger partial charge in [-0.05, 0) is 18.3 Å². The first-order chi connectivity index (χ1) is 8.71. The van der Waals surface area contributed by atoms with Crippen molar-refractivity contribution in [1.82, 2.24) is 10.2 Å². The molecule has 0 radical (unpaired) electrons. The second-order valence-corrected chi connectivity index (χ2v) is 6.44. The first-order valence-electron chi connectivity index (χ1n) is 6.77. The number of amides is 1. The Labute approximate surface area is 111 Å². The number of piperidine rings is 1. The van der Waals surface area contributed by atoms with Crippen LogP contribution in [0.2, 0.25) is 0 Å². The molecule has 2 heterocycles. The van der Waals surface area contributed by atoms with Crippen LogP contribution in [0.3, 0.4) is 0 Å². The van der Waals surface area contributed by atoms with E-state index in [-0.39, 0.29) is 24.4 Å². The van der Waals surface area contributed by atoms with Crippen LogP contribution in [0, 0.1) is 17.3 Å². The van der Waals surface area contributed by atoms with Crippen molar-refractivity contribution in [3.8, 4) is 0 Å². The van der Waals surface area contributed by atoms with Crippen molar-refractivity contribution in [2.24, 2.45) is 17.3 Å². The van der Waals surface area contributed by atoms with E-state index in [4.69, 9.17) is 0 Å². The maximum absolute atomic E-state index is 12.9. The Kier molecular flexibility index (Phi) is 3.82. The third-order valence-electron chi connectivity index (χ3n) is 4.16. The largest absolute Gasteiger partial charge is 0.393 e. The molecule has 1 amide bonds. The zero-order chi connectivity index (χ0) is 14.3. The van der Waals surface area contributed by atoms with Crippen molar-refractivity contribution in [3.05, 3.63) is 0 Å². The van der Waals surface area contributed by atoms with Gasteiger partial charge in [0, 0.05) is 26.2 Å². The molecule has 0 aromatic rings. The highest BCUT2D eigenvalue weighted by molar-refractivity contribution is 5.80. The Bertz CT molecular complexity index is 354. The molecular weight excluding hydrogens is 257 g/mol. The number of rotatable bonds is 1. The summed E-state index contributed by atoms with van der Waals surface area (Å²) in [7, 11) is 0. The van der Waals surface area contributed by atoms with Gasteiger partial charge in [-0.3, -0.25) is 4.79 Å². The topological polar surface area (TPSA) is 32.3 Å². The Morgan fingerprint density at radius 1 is 1.32 bits per heavy atom.